The van der Waals surface area contributed by atoms with Crippen LogP contribution in [0.15, 0.2) is 28.8 Å². The largest absolute Gasteiger partial charge is 0.339 e. The predicted molar refractivity (Wildman–Crippen MR) is 81.4 cm³/mol. The Morgan fingerprint density at radius 3 is 2.90 bits per heavy atom. The topological polar surface area (TPSA) is 54.2 Å². The fourth-order valence-corrected chi connectivity index (χ4v) is 2.63. The minimum absolute atomic E-state index is 0.201. The Hall–Kier alpha value is -1.43. The van der Waals surface area contributed by atoms with Crippen molar-refractivity contribution in [3.05, 3.63) is 46.6 Å². The lowest BCUT2D eigenvalue weighted by Crippen LogP contribution is -2.44. The number of rotatable bonds is 4. The highest BCUT2D eigenvalue weighted by Crippen LogP contribution is 2.18. The van der Waals surface area contributed by atoms with E-state index in [1.807, 2.05) is 24.3 Å². The molecule has 1 aliphatic heterocycles. The highest BCUT2D eigenvalue weighted by Gasteiger charge is 2.25. The molecule has 1 N–H and O–H groups in total. The van der Waals surface area contributed by atoms with Gasteiger partial charge in [0.25, 0.3) is 0 Å². The summed E-state index contributed by atoms with van der Waals surface area (Å²) >= 11 is 5.88. The molecule has 0 saturated carbocycles. The van der Waals surface area contributed by atoms with Crippen LogP contribution < -0.4 is 5.32 Å². The molecule has 1 aromatic carbocycles. The van der Waals surface area contributed by atoms with Gasteiger partial charge in [-0.2, -0.15) is 4.98 Å². The summed E-state index contributed by atoms with van der Waals surface area (Å²) in [5.41, 5.74) is 1.22. The lowest BCUT2D eigenvalue weighted by molar-refractivity contribution is 0.190. The summed E-state index contributed by atoms with van der Waals surface area (Å²) in [5.74, 6) is 1.47. The van der Waals surface area contributed by atoms with Gasteiger partial charge in [-0.25, -0.2) is 0 Å². The van der Waals surface area contributed by atoms with E-state index >= 15 is 0 Å². The quantitative estimate of drug-likeness (QED) is 0.937. The number of aromatic nitrogens is 2. The molecule has 3 rings (SSSR count). The van der Waals surface area contributed by atoms with Crippen LogP contribution in [0, 0.1) is 0 Å². The SMILES string of the molecule is CN1CCNCC1c1noc(CCc2ccc(Cl)cc2)n1. The smallest absolute Gasteiger partial charge is 0.227 e. The van der Waals surface area contributed by atoms with Crippen molar-refractivity contribution in [2.24, 2.45) is 0 Å². The van der Waals surface area contributed by atoms with Crippen LogP contribution >= 0.6 is 11.6 Å². The summed E-state index contributed by atoms with van der Waals surface area (Å²) in [6.45, 7) is 2.88. The van der Waals surface area contributed by atoms with Crippen molar-refractivity contribution in [3.8, 4) is 0 Å². The zero-order chi connectivity index (χ0) is 14.7. The first-order valence-corrected chi connectivity index (χ1v) is 7.58. The van der Waals surface area contributed by atoms with E-state index in [-0.39, 0.29) is 6.04 Å². The number of nitrogens with one attached hydrogen (secondary N) is 1. The van der Waals surface area contributed by atoms with Crippen LogP contribution in [-0.4, -0.2) is 41.7 Å². The van der Waals surface area contributed by atoms with Gasteiger partial charge in [0.05, 0.1) is 6.04 Å². The molecule has 112 valence electrons. The second-order valence-corrected chi connectivity index (χ2v) is 5.81. The molecule has 0 aliphatic carbocycles. The predicted octanol–water partition coefficient (Wildman–Crippen LogP) is 2.08. The third-order valence-corrected chi connectivity index (χ3v) is 4.09. The first-order chi connectivity index (χ1) is 10.2. The van der Waals surface area contributed by atoms with Crippen molar-refractivity contribution in [3.63, 3.8) is 0 Å². The normalized spacial score (nSPS) is 19.8. The number of hydrogen-bond donors (Lipinski definition) is 1. The Balaban J connectivity index is 1.61. The minimum Gasteiger partial charge on any atom is -0.339 e. The molecule has 2 aromatic rings. The van der Waals surface area contributed by atoms with Crippen LogP contribution in [0.1, 0.15) is 23.3 Å². The highest BCUT2D eigenvalue weighted by molar-refractivity contribution is 6.30. The molecule has 1 fully saturated rings. The molecule has 0 amide bonds. The van der Waals surface area contributed by atoms with Crippen molar-refractivity contribution in [1.29, 1.82) is 0 Å². The number of nitrogens with zero attached hydrogens (tertiary/aromatic N) is 3. The summed E-state index contributed by atoms with van der Waals surface area (Å²) < 4.78 is 5.37. The fraction of sp³-hybridized carbons (Fsp3) is 0.467. The van der Waals surface area contributed by atoms with Gasteiger partial charge in [-0.15, -0.1) is 0 Å². The van der Waals surface area contributed by atoms with Gasteiger partial charge in [0.1, 0.15) is 0 Å². The zero-order valence-corrected chi connectivity index (χ0v) is 12.8. The lowest BCUT2D eigenvalue weighted by atomic mass is 10.1. The molecule has 0 spiro atoms. The van der Waals surface area contributed by atoms with E-state index in [1.54, 1.807) is 0 Å². The number of halogens is 1. The molecule has 1 atom stereocenters. The molecular formula is C15H19ClN4O. The second kappa shape index (κ2) is 6.56. The first-order valence-electron chi connectivity index (χ1n) is 7.20. The molecule has 2 heterocycles. The number of piperazine rings is 1. The van der Waals surface area contributed by atoms with Crippen molar-refractivity contribution >= 4 is 11.6 Å². The molecule has 1 aromatic heterocycles. The Bertz CT molecular complexity index is 584. The molecule has 1 unspecified atom stereocenters. The van der Waals surface area contributed by atoms with Crippen LogP contribution in [0.4, 0.5) is 0 Å². The van der Waals surface area contributed by atoms with E-state index in [0.717, 1.165) is 43.3 Å². The fourth-order valence-electron chi connectivity index (χ4n) is 2.50. The van der Waals surface area contributed by atoms with Gasteiger partial charge in [-0.05, 0) is 31.2 Å². The zero-order valence-electron chi connectivity index (χ0n) is 12.1. The summed E-state index contributed by atoms with van der Waals surface area (Å²) in [4.78, 5) is 6.79. The summed E-state index contributed by atoms with van der Waals surface area (Å²) in [7, 11) is 2.09. The number of likely N-dealkylation sites (N-methyl/N-ethyl adjacent to an activating group) is 1. The van der Waals surface area contributed by atoms with Crippen molar-refractivity contribution in [2.45, 2.75) is 18.9 Å². The highest BCUT2D eigenvalue weighted by atomic mass is 35.5. The molecule has 1 saturated heterocycles. The average Bonchev–Trinajstić information content (AvgIpc) is 2.96. The maximum absolute atomic E-state index is 5.88. The lowest BCUT2D eigenvalue weighted by Gasteiger charge is -2.30. The first kappa shape index (κ1) is 14.5. The standard InChI is InChI=1S/C15H19ClN4O/c1-20-9-8-17-10-13(20)15-18-14(21-19-15)7-4-11-2-5-12(16)6-3-11/h2-3,5-6,13,17H,4,7-10H2,1H3. The summed E-state index contributed by atoms with van der Waals surface area (Å²) in [6.07, 6.45) is 1.62. The Kier molecular flexibility index (Phi) is 4.53. The maximum atomic E-state index is 5.88. The summed E-state index contributed by atoms with van der Waals surface area (Å²) in [5, 5.41) is 8.24. The van der Waals surface area contributed by atoms with Gasteiger partial charge >= 0.3 is 0 Å². The Morgan fingerprint density at radius 1 is 1.33 bits per heavy atom. The third-order valence-electron chi connectivity index (χ3n) is 3.83. The molecule has 1 aliphatic rings. The molecule has 21 heavy (non-hydrogen) atoms. The molecule has 0 bridgehead atoms. The van der Waals surface area contributed by atoms with E-state index in [0.29, 0.717) is 5.89 Å². The van der Waals surface area contributed by atoms with Crippen molar-refractivity contribution < 1.29 is 4.52 Å². The van der Waals surface area contributed by atoms with E-state index in [2.05, 4.69) is 27.4 Å². The second-order valence-electron chi connectivity index (χ2n) is 5.37. The summed E-state index contributed by atoms with van der Waals surface area (Å²) in [6, 6.07) is 8.06. The van der Waals surface area contributed by atoms with Gasteiger partial charge < -0.3 is 9.84 Å². The maximum Gasteiger partial charge on any atom is 0.227 e. The molecule has 5 nitrogen and oxygen atoms in total. The molecule has 6 heteroatoms. The van der Waals surface area contributed by atoms with E-state index in [9.17, 15) is 0 Å². The monoisotopic (exact) mass is 306 g/mol. The Labute approximate surface area is 129 Å². The van der Waals surface area contributed by atoms with Crippen molar-refractivity contribution in [1.82, 2.24) is 20.4 Å². The van der Waals surface area contributed by atoms with Gasteiger partial charge in [-0.1, -0.05) is 28.9 Å². The van der Waals surface area contributed by atoms with Gasteiger partial charge in [-0.3, -0.25) is 4.90 Å². The third kappa shape index (κ3) is 3.61. The van der Waals surface area contributed by atoms with Gasteiger partial charge in [0.15, 0.2) is 5.82 Å². The van der Waals surface area contributed by atoms with Crippen LogP contribution in [0.2, 0.25) is 5.02 Å². The van der Waals surface area contributed by atoms with Crippen LogP contribution in [0.3, 0.4) is 0 Å². The van der Waals surface area contributed by atoms with E-state index in [4.69, 9.17) is 16.1 Å². The van der Waals surface area contributed by atoms with Gasteiger partial charge in [0.2, 0.25) is 5.89 Å². The van der Waals surface area contributed by atoms with Crippen LogP contribution in [0.25, 0.3) is 0 Å². The van der Waals surface area contributed by atoms with Crippen molar-refractivity contribution in [2.75, 3.05) is 26.7 Å². The van der Waals surface area contributed by atoms with Crippen LogP contribution in [-0.2, 0) is 12.8 Å². The average molecular weight is 307 g/mol. The minimum atomic E-state index is 0.201. The van der Waals surface area contributed by atoms with E-state index in [1.165, 1.54) is 5.56 Å². The van der Waals surface area contributed by atoms with Crippen LogP contribution in [0.5, 0.6) is 0 Å². The number of benzene rings is 1. The number of hydrogen-bond acceptors (Lipinski definition) is 5. The van der Waals surface area contributed by atoms with E-state index < -0.39 is 0 Å². The van der Waals surface area contributed by atoms with Gasteiger partial charge in [0, 0.05) is 31.1 Å². The Morgan fingerprint density at radius 2 is 2.14 bits per heavy atom. The molecule has 0 radical (unpaired) electrons. The molecular weight excluding hydrogens is 288 g/mol. The number of aryl methyl sites for hydroxylation is 2.